The van der Waals surface area contributed by atoms with Gasteiger partial charge in [-0.1, -0.05) is 13.0 Å². The molecule has 2 rings (SSSR count). The number of amides is 1. The van der Waals surface area contributed by atoms with Crippen molar-refractivity contribution in [2.24, 2.45) is 17.6 Å². The highest BCUT2D eigenvalue weighted by molar-refractivity contribution is 5.92. The molecule has 1 aromatic rings. The highest BCUT2D eigenvalue weighted by Crippen LogP contribution is 2.22. The van der Waals surface area contributed by atoms with Gasteiger partial charge in [0, 0.05) is 18.3 Å². The summed E-state index contributed by atoms with van der Waals surface area (Å²) in [5.74, 6) is 1.89. The molecule has 0 radical (unpaired) electrons. The number of hydrogen-bond donors (Lipinski definition) is 2. The van der Waals surface area contributed by atoms with Gasteiger partial charge >= 0.3 is 0 Å². The van der Waals surface area contributed by atoms with Crippen LogP contribution in [0.3, 0.4) is 0 Å². The summed E-state index contributed by atoms with van der Waals surface area (Å²) in [6.45, 7) is 5.26. The van der Waals surface area contributed by atoms with Crippen molar-refractivity contribution in [1.82, 2.24) is 4.90 Å². The van der Waals surface area contributed by atoms with Crippen LogP contribution in [0.25, 0.3) is 0 Å². The number of benzene rings is 1. The SMILES string of the molecule is COc1cccc(NC(=O)CN2CCC(CN)C(C)C2)c1. The molecule has 21 heavy (non-hydrogen) atoms. The van der Waals surface area contributed by atoms with Crippen LogP contribution in [0.1, 0.15) is 13.3 Å². The summed E-state index contributed by atoms with van der Waals surface area (Å²) in [5.41, 5.74) is 6.53. The zero-order valence-electron chi connectivity index (χ0n) is 12.8. The molecule has 0 spiro atoms. The van der Waals surface area contributed by atoms with Gasteiger partial charge < -0.3 is 15.8 Å². The maximum Gasteiger partial charge on any atom is 0.238 e. The molecule has 1 saturated heterocycles. The number of carbonyl (C=O) groups is 1. The van der Waals surface area contributed by atoms with Crippen LogP contribution in [-0.2, 0) is 4.79 Å². The number of nitrogens with two attached hydrogens (primary N) is 1. The molecule has 5 nitrogen and oxygen atoms in total. The quantitative estimate of drug-likeness (QED) is 0.864. The number of anilines is 1. The lowest BCUT2D eigenvalue weighted by Gasteiger charge is -2.35. The maximum absolute atomic E-state index is 12.1. The van der Waals surface area contributed by atoms with Gasteiger partial charge in [-0.15, -0.1) is 0 Å². The second kappa shape index (κ2) is 7.43. The van der Waals surface area contributed by atoms with E-state index in [4.69, 9.17) is 10.5 Å². The van der Waals surface area contributed by atoms with Crippen molar-refractivity contribution in [3.63, 3.8) is 0 Å². The van der Waals surface area contributed by atoms with Gasteiger partial charge in [-0.05, 0) is 43.5 Å². The second-order valence-corrected chi connectivity index (χ2v) is 5.78. The molecule has 0 saturated carbocycles. The van der Waals surface area contributed by atoms with Crippen molar-refractivity contribution >= 4 is 11.6 Å². The van der Waals surface area contributed by atoms with Crippen molar-refractivity contribution in [1.29, 1.82) is 0 Å². The van der Waals surface area contributed by atoms with Gasteiger partial charge in [0.1, 0.15) is 5.75 Å². The molecule has 0 bridgehead atoms. The van der Waals surface area contributed by atoms with Gasteiger partial charge in [0.05, 0.1) is 13.7 Å². The number of methoxy groups -OCH3 is 1. The highest BCUT2D eigenvalue weighted by Gasteiger charge is 2.25. The smallest absolute Gasteiger partial charge is 0.238 e. The number of hydrogen-bond acceptors (Lipinski definition) is 4. The molecule has 3 N–H and O–H groups in total. The zero-order valence-corrected chi connectivity index (χ0v) is 12.8. The second-order valence-electron chi connectivity index (χ2n) is 5.78. The number of nitrogens with one attached hydrogen (secondary N) is 1. The van der Waals surface area contributed by atoms with Crippen molar-refractivity contribution in [2.45, 2.75) is 13.3 Å². The Morgan fingerprint density at radius 2 is 2.33 bits per heavy atom. The van der Waals surface area contributed by atoms with Crippen LogP contribution in [0, 0.1) is 11.8 Å². The minimum absolute atomic E-state index is 0.0154. The number of rotatable bonds is 5. The predicted octanol–water partition coefficient (Wildman–Crippen LogP) is 1.55. The molecule has 1 heterocycles. The van der Waals surface area contributed by atoms with Crippen LogP contribution in [0.4, 0.5) is 5.69 Å². The van der Waals surface area contributed by atoms with Crippen LogP contribution >= 0.6 is 0 Å². The first-order valence-electron chi connectivity index (χ1n) is 7.48. The van der Waals surface area contributed by atoms with Crippen LogP contribution in [0.5, 0.6) is 5.75 Å². The molecule has 116 valence electrons. The average molecular weight is 291 g/mol. The molecule has 0 aromatic heterocycles. The predicted molar refractivity (Wildman–Crippen MR) is 84.4 cm³/mol. The summed E-state index contributed by atoms with van der Waals surface area (Å²) in [4.78, 5) is 14.3. The standard InChI is InChI=1S/C16H25N3O2/c1-12-10-19(7-6-13(12)9-17)11-16(20)18-14-4-3-5-15(8-14)21-2/h3-5,8,12-13H,6-7,9-11,17H2,1-2H3,(H,18,20). The molecule has 1 aliphatic heterocycles. The first-order valence-corrected chi connectivity index (χ1v) is 7.48. The zero-order chi connectivity index (χ0) is 15.2. The summed E-state index contributed by atoms with van der Waals surface area (Å²) in [5, 5.41) is 2.92. The molecular weight excluding hydrogens is 266 g/mol. The van der Waals surface area contributed by atoms with Crippen molar-refractivity contribution in [3.8, 4) is 5.75 Å². The van der Waals surface area contributed by atoms with E-state index in [1.807, 2.05) is 24.3 Å². The minimum atomic E-state index is 0.0154. The Labute approximate surface area is 126 Å². The van der Waals surface area contributed by atoms with Gasteiger partial charge in [0.2, 0.25) is 5.91 Å². The fourth-order valence-corrected chi connectivity index (χ4v) is 2.88. The van der Waals surface area contributed by atoms with E-state index in [9.17, 15) is 4.79 Å². The first kappa shape index (κ1) is 15.8. The van der Waals surface area contributed by atoms with Crippen LogP contribution in [0.15, 0.2) is 24.3 Å². The lowest BCUT2D eigenvalue weighted by molar-refractivity contribution is -0.117. The average Bonchev–Trinajstić information content (AvgIpc) is 2.47. The lowest BCUT2D eigenvalue weighted by Crippen LogP contribution is -2.44. The molecule has 5 heteroatoms. The Kier molecular flexibility index (Phi) is 5.59. The van der Waals surface area contributed by atoms with Gasteiger partial charge in [-0.25, -0.2) is 0 Å². The molecule has 1 fully saturated rings. The number of nitrogens with zero attached hydrogens (tertiary/aromatic N) is 1. The Bertz CT molecular complexity index is 478. The van der Waals surface area contributed by atoms with Crippen molar-refractivity contribution in [3.05, 3.63) is 24.3 Å². The number of ether oxygens (including phenoxy) is 1. The van der Waals surface area contributed by atoms with Gasteiger partial charge in [0.25, 0.3) is 0 Å². The van der Waals surface area contributed by atoms with Crippen LogP contribution in [0.2, 0.25) is 0 Å². The Morgan fingerprint density at radius 3 is 3.00 bits per heavy atom. The van der Waals surface area contributed by atoms with E-state index < -0.39 is 0 Å². The third kappa shape index (κ3) is 4.44. The molecule has 1 amide bonds. The van der Waals surface area contributed by atoms with E-state index in [-0.39, 0.29) is 5.91 Å². The highest BCUT2D eigenvalue weighted by atomic mass is 16.5. The van der Waals surface area contributed by atoms with Crippen LogP contribution in [-0.4, -0.2) is 44.1 Å². The van der Waals surface area contributed by atoms with Crippen LogP contribution < -0.4 is 15.8 Å². The molecule has 2 atom stereocenters. The Balaban J connectivity index is 1.84. The van der Waals surface area contributed by atoms with Gasteiger partial charge in [0.15, 0.2) is 0 Å². The van der Waals surface area contributed by atoms with E-state index in [0.717, 1.165) is 37.5 Å². The summed E-state index contributed by atoms with van der Waals surface area (Å²) in [6.07, 6.45) is 1.07. The lowest BCUT2D eigenvalue weighted by atomic mass is 9.87. The normalized spacial score (nSPS) is 22.8. The molecule has 1 aliphatic rings. The summed E-state index contributed by atoms with van der Waals surface area (Å²) in [6, 6.07) is 7.41. The molecular formula is C16H25N3O2. The first-order chi connectivity index (χ1) is 10.1. The van der Waals surface area contributed by atoms with E-state index in [2.05, 4.69) is 17.1 Å². The largest absolute Gasteiger partial charge is 0.497 e. The van der Waals surface area contributed by atoms with E-state index in [1.54, 1.807) is 7.11 Å². The minimum Gasteiger partial charge on any atom is -0.497 e. The van der Waals surface area contributed by atoms with Crippen molar-refractivity contribution < 1.29 is 9.53 Å². The Hall–Kier alpha value is -1.59. The van der Waals surface area contributed by atoms with Crippen molar-refractivity contribution in [2.75, 3.05) is 38.6 Å². The summed E-state index contributed by atoms with van der Waals surface area (Å²) in [7, 11) is 1.61. The Morgan fingerprint density at radius 1 is 1.52 bits per heavy atom. The fraction of sp³-hybridized carbons (Fsp3) is 0.562. The van der Waals surface area contributed by atoms with E-state index >= 15 is 0 Å². The number of piperidine rings is 1. The molecule has 2 unspecified atom stereocenters. The van der Waals surface area contributed by atoms with E-state index in [1.165, 1.54) is 0 Å². The van der Waals surface area contributed by atoms with Gasteiger partial charge in [-0.3, -0.25) is 9.69 Å². The van der Waals surface area contributed by atoms with E-state index in [0.29, 0.717) is 18.4 Å². The number of carbonyl (C=O) groups excluding carboxylic acids is 1. The summed E-state index contributed by atoms with van der Waals surface area (Å²) >= 11 is 0. The fourth-order valence-electron chi connectivity index (χ4n) is 2.88. The third-order valence-corrected chi connectivity index (χ3v) is 4.19. The summed E-state index contributed by atoms with van der Waals surface area (Å²) < 4.78 is 5.15. The molecule has 0 aliphatic carbocycles. The number of likely N-dealkylation sites (tertiary alicyclic amines) is 1. The topological polar surface area (TPSA) is 67.6 Å². The maximum atomic E-state index is 12.1. The third-order valence-electron chi connectivity index (χ3n) is 4.19. The van der Waals surface area contributed by atoms with Gasteiger partial charge in [-0.2, -0.15) is 0 Å². The monoisotopic (exact) mass is 291 g/mol. The molecule has 1 aromatic carbocycles.